The van der Waals surface area contributed by atoms with Gasteiger partial charge in [0.1, 0.15) is 10.7 Å². The predicted octanol–water partition coefficient (Wildman–Crippen LogP) is 4.55. The summed E-state index contributed by atoms with van der Waals surface area (Å²) in [5.41, 5.74) is 2.22. The van der Waals surface area contributed by atoms with Crippen molar-refractivity contribution in [2.24, 2.45) is 0 Å². The highest BCUT2D eigenvalue weighted by Crippen LogP contribution is 2.21. The Morgan fingerprint density at radius 1 is 1.04 bits per heavy atom. The van der Waals surface area contributed by atoms with E-state index in [9.17, 15) is 4.79 Å². The number of carbonyl (C=O) groups is 1. The number of benzene rings is 2. The summed E-state index contributed by atoms with van der Waals surface area (Å²) >= 11 is 5.51. The van der Waals surface area contributed by atoms with E-state index in [1.807, 2.05) is 48.5 Å². The van der Waals surface area contributed by atoms with E-state index in [0.29, 0.717) is 10.6 Å². The van der Waals surface area contributed by atoms with E-state index in [1.54, 1.807) is 7.11 Å². The molecule has 26 heavy (non-hydrogen) atoms. The van der Waals surface area contributed by atoms with Crippen LogP contribution in [0.15, 0.2) is 48.5 Å². The maximum absolute atomic E-state index is 12.7. The van der Waals surface area contributed by atoms with E-state index in [4.69, 9.17) is 17.0 Å². The first kappa shape index (κ1) is 18.4. The fourth-order valence-corrected chi connectivity index (χ4v) is 3.48. The zero-order valence-corrected chi connectivity index (χ0v) is 15.8. The van der Waals surface area contributed by atoms with Gasteiger partial charge in [0.2, 0.25) is 0 Å². The summed E-state index contributed by atoms with van der Waals surface area (Å²) in [6, 6.07) is 15.3. The summed E-state index contributed by atoms with van der Waals surface area (Å²) in [6.07, 6.45) is 5.76. The molecule has 0 atom stereocenters. The smallest absolute Gasteiger partial charge is 0.253 e. The van der Waals surface area contributed by atoms with Crippen LogP contribution < -0.4 is 15.4 Å². The standard InChI is InChI=1S/C21H24N2O2S/c1-25-17-13-11-15(12-14-17)21(26)23-19-10-6-5-9-18(19)20(24)22-16-7-3-2-4-8-16/h5-6,9-14,16H,2-4,7-8H2,1H3,(H,22,24)(H,23,26). The van der Waals surface area contributed by atoms with Crippen LogP contribution in [0.5, 0.6) is 5.75 Å². The highest BCUT2D eigenvalue weighted by atomic mass is 32.1. The molecule has 0 radical (unpaired) electrons. The van der Waals surface area contributed by atoms with Crippen LogP contribution in [0.2, 0.25) is 0 Å². The molecule has 0 aromatic heterocycles. The Morgan fingerprint density at radius 2 is 1.73 bits per heavy atom. The number of methoxy groups -OCH3 is 1. The second-order valence-corrected chi connectivity index (χ2v) is 6.94. The van der Waals surface area contributed by atoms with Gasteiger partial charge >= 0.3 is 0 Å². The minimum absolute atomic E-state index is 0.0440. The molecule has 1 saturated carbocycles. The van der Waals surface area contributed by atoms with Gasteiger partial charge in [0.25, 0.3) is 5.91 Å². The molecular weight excluding hydrogens is 344 g/mol. The van der Waals surface area contributed by atoms with Gasteiger partial charge in [-0.05, 0) is 49.2 Å². The van der Waals surface area contributed by atoms with E-state index in [1.165, 1.54) is 19.3 Å². The number of hydrogen-bond acceptors (Lipinski definition) is 3. The van der Waals surface area contributed by atoms with Gasteiger partial charge in [0.05, 0.1) is 18.4 Å². The SMILES string of the molecule is COc1ccc(C(=S)Nc2ccccc2C(=O)NC2CCCCC2)cc1. The molecule has 5 heteroatoms. The number of thiocarbonyl (C=S) groups is 1. The van der Waals surface area contributed by atoms with E-state index in [2.05, 4.69) is 10.6 Å². The Kier molecular flexibility index (Phi) is 6.23. The lowest BCUT2D eigenvalue weighted by Gasteiger charge is -2.23. The first-order chi connectivity index (χ1) is 12.7. The zero-order chi connectivity index (χ0) is 18.4. The maximum Gasteiger partial charge on any atom is 0.253 e. The summed E-state index contributed by atoms with van der Waals surface area (Å²) in [4.78, 5) is 13.3. The molecule has 136 valence electrons. The van der Waals surface area contributed by atoms with Crippen LogP contribution in [0.25, 0.3) is 0 Å². The van der Waals surface area contributed by atoms with Crippen LogP contribution in [0.3, 0.4) is 0 Å². The fourth-order valence-electron chi connectivity index (χ4n) is 3.24. The zero-order valence-electron chi connectivity index (χ0n) is 15.0. The van der Waals surface area contributed by atoms with Gasteiger partial charge in [0, 0.05) is 11.6 Å². The molecule has 0 unspecified atom stereocenters. The molecule has 0 aliphatic heterocycles. The fraction of sp³-hybridized carbons (Fsp3) is 0.333. The summed E-state index contributed by atoms with van der Waals surface area (Å²) in [7, 11) is 1.63. The van der Waals surface area contributed by atoms with Gasteiger partial charge in [-0.15, -0.1) is 0 Å². The molecule has 2 aromatic carbocycles. The average molecular weight is 369 g/mol. The molecule has 1 amide bonds. The van der Waals surface area contributed by atoms with Gasteiger partial charge < -0.3 is 15.4 Å². The second-order valence-electron chi connectivity index (χ2n) is 6.54. The molecule has 0 heterocycles. The van der Waals surface area contributed by atoms with Gasteiger partial charge in [-0.3, -0.25) is 4.79 Å². The number of ether oxygens (including phenoxy) is 1. The van der Waals surface area contributed by atoms with Crippen molar-refractivity contribution >= 4 is 28.8 Å². The van der Waals surface area contributed by atoms with Crippen molar-refractivity contribution in [2.75, 3.05) is 12.4 Å². The largest absolute Gasteiger partial charge is 0.497 e. The molecule has 2 N–H and O–H groups in total. The quantitative estimate of drug-likeness (QED) is 0.761. The Hall–Kier alpha value is -2.40. The molecule has 2 aromatic rings. The van der Waals surface area contributed by atoms with Gasteiger partial charge in [0.15, 0.2) is 0 Å². The van der Waals surface area contributed by atoms with Crippen molar-refractivity contribution in [1.82, 2.24) is 5.32 Å². The third kappa shape index (κ3) is 4.61. The maximum atomic E-state index is 12.7. The number of anilines is 1. The minimum atomic E-state index is -0.0440. The number of rotatable bonds is 5. The minimum Gasteiger partial charge on any atom is -0.497 e. The van der Waals surface area contributed by atoms with Gasteiger partial charge in [-0.2, -0.15) is 0 Å². The summed E-state index contributed by atoms with van der Waals surface area (Å²) in [5, 5.41) is 6.38. The lowest BCUT2D eigenvalue weighted by molar-refractivity contribution is 0.0928. The third-order valence-electron chi connectivity index (χ3n) is 4.71. The number of hydrogen-bond donors (Lipinski definition) is 2. The van der Waals surface area contributed by atoms with Crippen molar-refractivity contribution in [2.45, 2.75) is 38.1 Å². The molecule has 3 rings (SSSR count). The Morgan fingerprint density at radius 3 is 2.42 bits per heavy atom. The first-order valence-corrected chi connectivity index (χ1v) is 9.43. The van der Waals surface area contributed by atoms with Gasteiger partial charge in [-0.25, -0.2) is 0 Å². The lowest BCUT2D eigenvalue weighted by atomic mass is 9.95. The van der Waals surface area contributed by atoms with Crippen LogP contribution in [0, 0.1) is 0 Å². The molecular formula is C21H24N2O2S. The molecule has 4 nitrogen and oxygen atoms in total. The number of para-hydroxylation sites is 1. The van der Waals surface area contributed by atoms with E-state index >= 15 is 0 Å². The Bertz CT molecular complexity index is 768. The number of amides is 1. The van der Waals surface area contributed by atoms with Crippen molar-refractivity contribution in [1.29, 1.82) is 0 Å². The van der Waals surface area contributed by atoms with Crippen LogP contribution in [-0.4, -0.2) is 24.0 Å². The van der Waals surface area contributed by atoms with Crippen molar-refractivity contribution < 1.29 is 9.53 Å². The van der Waals surface area contributed by atoms with Crippen LogP contribution in [0.1, 0.15) is 48.0 Å². The van der Waals surface area contributed by atoms with Gasteiger partial charge in [-0.1, -0.05) is 43.6 Å². The third-order valence-corrected chi connectivity index (χ3v) is 5.05. The Balaban J connectivity index is 1.71. The summed E-state index contributed by atoms with van der Waals surface area (Å²) < 4.78 is 5.17. The molecule has 1 fully saturated rings. The summed E-state index contributed by atoms with van der Waals surface area (Å²) in [5.74, 6) is 0.737. The molecule has 1 aliphatic carbocycles. The monoisotopic (exact) mass is 368 g/mol. The van der Waals surface area contributed by atoms with Crippen LogP contribution in [-0.2, 0) is 0 Å². The Labute approximate surface area is 160 Å². The van der Waals surface area contributed by atoms with E-state index in [0.717, 1.165) is 29.8 Å². The van der Waals surface area contributed by atoms with Crippen molar-refractivity contribution in [3.63, 3.8) is 0 Å². The normalized spacial score (nSPS) is 14.5. The molecule has 0 bridgehead atoms. The predicted molar refractivity (Wildman–Crippen MR) is 109 cm³/mol. The summed E-state index contributed by atoms with van der Waals surface area (Å²) in [6.45, 7) is 0. The highest BCUT2D eigenvalue weighted by Gasteiger charge is 2.18. The van der Waals surface area contributed by atoms with Crippen molar-refractivity contribution in [3.8, 4) is 5.75 Å². The number of nitrogens with one attached hydrogen (secondary N) is 2. The second kappa shape index (κ2) is 8.81. The lowest BCUT2D eigenvalue weighted by Crippen LogP contribution is -2.36. The van der Waals surface area contributed by atoms with Crippen molar-refractivity contribution in [3.05, 3.63) is 59.7 Å². The topological polar surface area (TPSA) is 50.4 Å². The number of carbonyl (C=O) groups excluding carboxylic acids is 1. The molecule has 1 aliphatic rings. The molecule has 0 saturated heterocycles. The van der Waals surface area contributed by atoms with Crippen LogP contribution >= 0.6 is 12.2 Å². The van der Waals surface area contributed by atoms with E-state index in [-0.39, 0.29) is 11.9 Å². The average Bonchev–Trinajstić information content (AvgIpc) is 2.69. The van der Waals surface area contributed by atoms with E-state index < -0.39 is 0 Å². The first-order valence-electron chi connectivity index (χ1n) is 9.02. The highest BCUT2D eigenvalue weighted by molar-refractivity contribution is 7.81. The molecule has 0 spiro atoms. The van der Waals surface area contributed by atoms with Crippen LogP contribution in [0.4, 0.5) is 5.69 Å².